The number of hydrogen-bond donors (Lipinski definition) is 1. The summed E-state index contributed by atoms with van der Waals surface area (Å²) in [7, 11) is -2.43. The third-order valence-corrected chi connectivity index (χ3v) is 11.2. The van der Waals surface area contributed by atoms with Crippen LogP contribution in [0.25, 0.3) is 0 Å². The summed E-state index contributed by atoms with van der Waals surface area (Å²) in [5, 5.41) is 9.67. The molecule has 1 amide bonds. The van der Waals surface area contributed by atoms with Crippen LogP contribution in [0.2, 0.25) is 0 Å². The minimum Gasteiger partial charge on any atom is -0.497 e. The number of ether oxygens (including phenoxy) is 7. The van der Waals surface area contributed by atoms with Gasteiger partial charge in [-0.3, -0.25) is 9.69 Å². The molecule has 14 nitrogen and oxygen atoms in total. The second-order valence-corrected chi connectivity index (χ2v) is 14.4. The topological polar surface area (TPSA) is 146 Å². The molecule has 51 heavy (non-hydrogen) atoms. The van der Waals surface area contributed by atoms with Crippen molar-refractivity contribution in [2.45, 2.75) is 30.1 Å². The van der Waals surface area contributed by atoms with Crippen molar-refractivity contribution in [2.75, 3.05) is 73.2 Å². The number of sulfonamides is 1. The van der Waals surface area contributed by atoms with Crippen LogP contribution in [-0.2, 0) is 30.8 Å². The molecule has 1 N–H and O–H groups in total. The molecule has 3 aromatic rings. The lowest BCUT2D eigenvalue weighted by atomic mass is 9.92. The first-order chi connectivity index (χ1) is 24.8. The summed E-state index contributed by atoms with van der Waals surface area (Å²) in [5.74, 6) is 2.99. The van der Waals surface area contributed by atoms with Gasteiger partial charge in [-0.2, -0.15) is 4.31 Å². The summed E-state index contributed by atoms with van der Waals surface area (Å²) in [4.78, 5) is 18.1. The SMILES string of the molecule is COc1ccc(S(=O)(=O)N(CCO)CCO[C@@H]2C[C@H](c3ccc4c(c3)OCO4)C=C(C(=O)N3CCN(Cc4ccc5c(c4)OCO5)CC3)O2)cc1. The van der Waals surface area contributed by atoms with Crippen LogP contribution in [0.15, 0.2) is 77.4 Å². The van der Waals surface area contributed by atoms with E-state index in [0.29, 0.717) is 49.8 Å². The number of allylic oxidation sites excluding steroid dienone is 1. The van der Waals surface area contributed by atoms with E-state index in [-0.39, 0.29) is 62.4 Å². The summed E-state index contributed by atoms with van der Waals surface area (Å²) < 4.78 is 67.5. The Morgan fingerprint density at radius 3 is 2.27 bits per heavy atom. The Hall–Kier alpha value is -4.54. The van der Waals surface area contributed by atoms with Crippen LogP contribution in [0, 0.1) is 0 Å². The maximum absolute atomic E-state index is 13.9. The molecule has 1 fully saturated rings. The van der Waals surface area contributed by atoms with E-state index in [4.69, 9.17) is 33.2 Å². The lowest BCUT2D eigenvalue weighted by Crippen LogP contribution is -2.49. The van der Waals surface area contributed by atoms with Crippen LogP contribution in [0.1, 0.15) is 23.5 Å². The molecule has 0 radical (unpaired) electrons. The number of methoxy groups -OCH3 is 1. The molecule has 15 heteroatoms. The molecular weight excluding hydrogens is 682 g/mol. The smallest absolute Gasteiger partial charge is 0.288 e. The molecular formula is C36H41N3O11S. The lowest BCUT2D eigenvalue weighted by molar-refractivity contribution is -0.154. The van der Waals surface area contributed by atoms with E-state index in [1.54, 1.807) is 17.0 Å². The fourth-order valence-electron chi connectivity index (χ4n) is 6.50. The number of fused-ring (bicyclic) bond motifs is 2. The van der Waals surface area contributed by atoms with Gasteiger partial charge in [0.05, 0.1) is 25.2 Å². The molecule has 1 saturated heterocycles. The number of carbonyl (C=O) groups is 1. The number of amides is 1. The number of hydrogen-bond acceptors (Lipinski definition) is 12. The van der Waals surface area contributed by atoms with Crippen LogP contribution >= 0.6 is 0 Å². The number of carbonyl (C=O) groups excluding carboxylic acids is 1. The summed E-state index contributed by atoms with van der Waals surface area (Å²) in [6, 6.07) is 17.7. The van der Waals surface area contributed by atoms with Gasteiger partial charge in [0.15, 0.2) is 28.8 Å². The number of aliphatic hydroxyl groups excluding tert-OH is 1. The van der Waals surface area contributed by atoms with Gasteiger partial charge in [0.2, 0.25) is 29.9 Å². The van der Waals surface area contributed by atoms with Gasteiger partial charge < -0.3 is 43.2 Å². The average molecular weight is 724 g/mol. The molecule has 3 aromatic carbocycles. The number of piperazine rings is 1. The lowest BCUT2D eigenvalue weighted by Gasteiger charge is -2.37. The highest BCUT2D eigenvalue weighted by atomic mass is 32.2. The van der Waals surface area contributed by atoms with Crippen molar-refractivity contribution < 1.29 is 51.5 Å². The van der Waals surface area contributed by atoms with Crippen LogP contribution < -0.4 is 23.7 Å². The second-order valence-electron chi connectivity index (χ2n) is 12.5. The first-order valence-electron chi connectivity index (χ1n) is 16.9. The quantitative estimate of drug-likeness (QED) is 0.277. The van der Waals surface area contributed by atoms with Crippen LogP contribution in [0.5, 0.6) is 28.7 Å². The largest absolute Gasteiger partial charge is 0.497 e. The molecule has 0 aromatic heterocycles. The Labute approximate surface area is 296 Å². The van der Waals surface area contributed by atoms with E-state index < -0.39 is 16.3 Å². The number of benzene rings is 3. The number of nitrogens with zero attached hydrogens (tertiary/aromatic N) is 3. The number of rotatable bonds is 13. The Bertz CT molecular complexity index is 1850. The third kappa shape index (κ3) is 7.87. The monoisotopic (exact) mass is 723 g/mol. The molecule has 4 aliphatic rings. The van der Waals surface area contributed by atoms with Gasteiger partial charge in [0.25, 0.3) is 5.91 Å². The van der Waals surface area contributed by atoms with Crippen molar-refractivity contribution in [3.8, 4) is 28.7 Å². The number of aliphatic hydroxyl groups is 1. The summed E-state index contributed by atoms with van der Waals surface area (Å²) >= 11 is 0. The fraction of sp³-hybridized carbons (Fsp3) is 0.417. The normalized spacial score (nSPS) is 19.9. The van der Waals surface area contributed by atoms with Gasteiger partial charge in [0, 0.05) is 58.2 Å². The first-order valence-corrected chi connectivity index (χ1v) is 18.3. The highest BCUT2D eigenvalue weighted by molar-refractivity contribution is 7.89. The van der Waals surface area contributed by atoms with Crippen LogP contribution in [-0.4, -0.2) is 113 Å². The predicted octanol–water partition coefficient (Wildman–Crippen LogP) is 2.91. The van der Waals surface area contributed by atoms with Crippen molar-refractivity contribution in [1.82, 2.24) is 14.1 Å². The van der Waals surface area contributed by atoms with E-state index >= 15 is 0 Å². The van der Waals surface area contributed by atoms with Gasteiger partial charge in [-0.25, -0.2) is 8.42 Å². The standard InChI is InChI=1S/C36H41N3O11S/c1-44-28-4-6-29(7-5-28)51(42,43)39(14-16-40)15-17-45-35-21-27(26-3-9-31-33(19-26)49-24-47-31)20-34(50-35)36(41)38-12-10-37(11-13-38)22-25-2-8-30-32(18-25)48-23-46-30/h2-9,18-20,27,35,40H,10-17,21-24H2,1H3/t27-,35+/m1/s1. The maximum atomic E-state index is 13.9. The van der Waals surface area contributed by atoms with Gasteiger partial charge in [-0.15, -0.1) is 0 Å². The zero-order valence-corrected chi connectivity index (χ0v) is 29.1. The van der Waals surface area contributed by atoms with Gasteiger partial charge in [-0.1, -0.05) is 12.1 Å². The Morgan fingerprint density at radius 2 is 1.57 bits per heavy atom. The van der Waals surface area contributed by atoms with E-state index in [9.17, 15) is 18.3 Å². The van der Waals surface area contributed by atoms with E-state index in [1.807, 2.05) is 42.5 Å². The molecule has 272 valence electrons. The Morgan fingerprint density at radius 1 is 0.882 bits per heavy atom. The molecule has 4 heterocycles. The Kier molecular flexibility index (Phi) is 10.5. The molecule has 0 aliphatic carbocycles. The molecule has 2 atom stereocenters. The van der Waals surface area contributed by atoms with E-state index in [1.165, 1.54) is 19.2 Å². The third-order valence-electron chi connectivity index (χ3n) is 9.29. The molecule has 0 spiro atoms. The van der Waals surface area contributed by atoms with E-state index in [2.05, 4.69) is 4.90 Å². The minimum atomic E-state index is -3.93. The molecule has 7 rings (SSSR count). The highest BCUT2D eigenvalue weighted by Gasteiger charge is 2.34. The summed E-state index contributed by atoms with van der Waals surface area (Å²) in [6.45, 7) is 2.94. The molecule has 4 aliphatic heterocycles. The van der Waals surface area contributed by atoms with Crippen molar-refractivity contribution in [1.29, 1.82) is 0 Å². The minimum absolute atomic E-state index is 0.0338. The predicted molar refractivity (Wildman–Crippen MR) is 182 cm³/mol. The van der Waals surface area contributed by atoms with Crippen LogP contribution in [0.3, 0.4) is 0 Å². The van der Waals surface area contributed by atoms with Crippen molar-refractivity contribution in [3.63, 3.8) is 0 Å². The zero-order chi connectivity index (χ0) is 35.4. The molecule has 0 saturated carbocycles. The maximum Gasteiger partial charge on any atom is 0.288 e. The molecule has 0 bridgehead atoms. The highest BCUT2D eigenvalue weighted by Crippen LogP contribution is 2.39. The second kappa shape index (κ2) is 15.4. The van der Waals surface area contributed by atoms with Gasteiger partial charge in [-0.05, 0) is 65.7 Å². The Balaban J connectivity index is 1.01. The molecule has 0 unspecified atom stereocenters. The fourth-order valence-corrected chi connectivity index (χ4v) is 7.91. The zero-order valence-electron chi connectivity index (χ0n) is 28.3. The summed E-state index contributed by atoms with van der Waals surface area (Å²) in [6.07, 6.45) is 1.37. The van der Waals surface area contributed by atoms with Crippen LogP contribution in [0.4, 0.5) is 0 Å². The van der Waals surface area contributed by atoms with E-state index in [0.717, 1.165) is 33.5 Å². The van der Waals surface area contributed by atoms with Gasteiger partial charge in [0.1, 0.15) is 5.75 Å². The van der Waals surface area contributed by atoms with Crippen molar-refractivity contribution in [3.05, 3.63) is 83.6 Å². The average Bonchev–Trinajstić information content (AvgIpc) is 3.84. The van der Waals surface area contributed by atoms with Crippen molar-refractivity contribution >= 4 is 15.9 Å². The summed E-state index contributed by atoms with van der Waals surface area (Å²) in [5.41, 5.74) is 2.01. The first kappa shape index (κ1) is 34.9. The van der Waals surface area contributed by atoms with Gasteiger partial charge >= 0.3 is 0 Å². The van der Waals surface area contributed by atoms with Crippen molar-refractivity contribution in [2.24, 2.45) is 0 Å².